The predicted molar refractivity (Wildman–Crippen MR) is 98.1 cm³/mol. The van der Waals surface area contributed by atoms with Gasteiger partial charge < -0.3 is 9.47 Å². The van der Waals surface area contributed by atoms with E-state index < -0.39 is 11.9 Å². The van der Waals surface area contributed by atoms with Gasteiger partial charge in [0.1, 0.15) is 0 Å². The average Bonchev–Trinajstić information content (AvgIpc) is 2.67. The van der Waals surface area contributed by atoms with Gasteiger partial charge in [0.25, 0.3) is 0 Å². The molecule has 2 aromatic rings. The van der Waals surface area contributed by atoms with E-state index in [-0.39, 0.29) is 24.8 Å². The molecule has 0 N–H and O–H groups in total. The number of ether oxygens (including phenoxy) is 2. The first kappa shape index (κ1) is 20.0. The summed E-state index contributed by atoms with van der Waals surface area (Å²) in [6.07, 6.45) is 0.356. The van der Waals surface area contributed by atoms with Crippen molar-refractivity contribution in [2.75, 3.05) is 13.2 Å². The lowest BCUT2D eigenvalue weighted by molar-refractivity contribution is 0.0395. The molecule has 0 spiro atoms. The van der Waals surface area contributed by atoms with Crippen molar-refractivity contribution < 1.29 is 28.7 Å². The number of hydrogen-bond donors (Lipinski definition) is 0. The van der Waals surface area contributed by atoms with Crippen LogP contribution in [0.2, 0.25) is 0 Å². The topological polar surface area (TPSA) is 86.7 Å². The third-order valence-corrected chi connectivity index (χ3v) is 3.81. The molecule has 2 rings (SSSR count). The maximum absolute atomic E-state index is 11.9. The largest absolute Gasteiger partial charge is 0.462 e. The Balaban J connectivity index is 1.71. The fraction of sp³-hybridized carbons (Fsp3) is 0.238. The Bertz CT molecular complexity index is 762. The van der Waals surface area contributed by atoms with E-state index in [1.807, 2.05) is 0 Å². The number of hydrogen-bond acceptors (Lipinski definition) is 6. The molecule has 0 amide bonds. The summed E-state index contributed by atoms with van der Waals surface area (Å²) in [4.78, 5) is 46.2. The summed E-state index contributed by atoms with van der Waals surface area (Å²) in [6.45, 7) is 3.10. The number of carbonyl (C=O) groups is 4. The SMILES string of the molecule is CC(=O)c1ccc(C(=O)OCCCOC(=O)c2ccc(C(C)=O)cc2)cc1. The standard InChI is InChI=1S/C21H20O6/c1-14(22)16-4-8-18(9-5-16)20(24)26-12-3-13-27-21(25)19-10-6-17(7-11-19)15(2)23/h4-11H,3,12-13H2,1-2H3. The fourth-order valence-electron chi connectivity index (χ4n) is 2.24. The van der Waals surface area contributed by atoms with Crippen molar-refractivity contribution in [3.05, 3.63) is 70.8 Å². The summed E-state index contributed by atoms with van der Waals surface area (Å²) in [7, 11) is 0. The van der Waals surface area contributed by atoms with Crippen LogP contribution in [0.25, 0.3) is 0 Å². The van der Waals surface area contributed by atoms with Gasteiger partial charge in [-0.15, -0.1) is 0 Å². The van der Waals surface area contributed by atoms with Crippen LogP contribution in [0.1, 0.15) is 61.7 Å². The van der Waals surface area contributed by atoms with Crippen molar-refractivity contribution in [1.29, 1.82) is 0 Å². The smallest absolute Gasteiger partial charge is 0.338 e. The van der Waals surface area contributed by atoms with Gasteiger partial charge in [-0.2, -0.15) is 0 Å². The van der Waals surface area contributed by atoms with E-state index in [2.05, 4.69) is 0 Å². The number of Topliss-reactive ketones (excluding diaryl/α,β-unsaturated/α-hetero) is 2. The number of esters is 2. The van der Waals surface area contributed by atoms with Crippen LogP contribution in [-0.2, 0) is 9.47 Å². The Kier molecular flexibility index (Phi) is 7.00. The van der Waals surface area contributed by atoms with Crippen LogP contribution in [0.5, 0.6) is 0 Å². The van der Waals surface area contributed by atoms with Crippen molar-refractivity contribution in [3.63, 3.8) is 0 Å². The van der Waals surface area contributed by atoms with Gasteiger partial charge in [0.15, 0.2) is 11.6 Å². The predicted octanol–water partition coefficient (Wildman–Crippen LogP) is 3.50. The Morgan fingerprint density at radius 3 is 1.19 bits per heavy atom. The van der Waals surface area contributed by atoms with Crippen LogP contribution >= 0.6 is 0 Å². The molecule has 27 heavy (non-hydrogen) atoms. The summed E-state index contributed by atoms with van der Waals surface area (Å²) in [5.41, 5.74) is 1.75. The monoisotopic (exact) mass is 368 g/mol. The lowest BCUT2D eigenvalue weighted by Gasteiger charge is -2.07. The van der Waals surface area contributed by atoms with E-state index in [1.165, 1.54) is 38.1 Å². The molecule has 0 unspecified atom stereocenters. The highest BCUT2D eigenvalue weighted by molar-refractivity contribution is 5.96. The first-order valence-corrected chi connectivity index (χ1v) is 8.44. The number of ketones is 2. The maximum atomic E-state index is 11.9. The Labute approximate surface area is 157 Å². The maximum Gasteiger partial charge on any atom is 0.338 e. The summed E-state index contributed by atoms with van der Waals surface area (Å²) in [5, 5.41) is 0. The third-order valence-electron chi connectivity index (χ3n) is 3.81. The number of rotatable bonds is 8. The molecule has 0 heterocycles. The number of benzene rings is 2. The van der Waals surface area contributed by atoms with E-state index >= 15 is 0 Å². The van der Waals surface area contributed by atoms with Crippen molar-refractivity contribution in [1.82, 2.24) is 0 Å². The van der Waals surface area contributed by atoms with Gasteiger partial charge >= 0.3 is 11.9 Å². The average molecular weight is 368 g/mol. The molecule has 0 saturated carbocycles. The summed E-state index contributed by atoms with van der Waals surface area (Å²) >= 11 is 0. The van der Waals surface area contributed by atoms with E-state index in [9.17, 15) is 19.2 Å². The zero-order chi connectivity index (χ0) is 19.8. The molecule has 140 valence electrons. The second-order valence-corrected chi connectivity index (χ2v) is 5.89. The second-order valence-electron chi connectivity index (χ2n) is 5.89. The summed E-state index contributed by atoms with van der Waals surface area (Å²) < 4.78 is 10.2. The minimum Gasteiger partial charge on any atom is -0.462 e. The second kappa shape index (κ2) is 9.43. The van der Waals surface area contributed by atoms with E-state index in [1.54, 1.807) is 24.3 Å². The lowest BCUT2D eigenvalue weighted by Crippen LogP contribution is -2.11. The minimum atomic E-state index is -0.503. The molecule has 0 aromatic heterocycles. The van der Waals surface area contributed by atoms with E-state index in [4.69, 9.17) is 9.47 Å². The van der Waals surface area contributed by atoms with Crippen LogP contribution in [-0.4, -0.2) is 36.7 Å². The molecule has 2 aromatic carbocycles. The molecule has 0 aliphatic heterocycles. The Hall–Kier alpha value is -3.28. The van der Waals surface area contributed by atoms with Gasteiger partial charge in [-0.3, -0.25) is 9.59 Å². The number of carbonyl (C=O) groups excluding carboxylic acids is 4. The third kappa shape index (κ3) is 5.88. The molecular formula is C21H20O6. The van der Waals surface area contributed by atoms with Gasteiger partial charge in [0.05, 0.1) is 24.3 Å². The summed E-state index contributed by atoms with van der Waals surface area (Å²) in [6, 6.07) is 12.4. The van der Waals surface area contributed by atoms with Crippen molar-refractivity contribution in [2.24, 2.45) is 0 Å². The van der Waals surface area contributed by atoms with E-state index in [0.29, 0.717) is 28.7 Å². The zero-order valence-electron chi connectivity index (χ0n) is 15.2. The van der Waals surface area contributed by atoms with Crippen molar-refractivity contribution in [3.8, 4) is 0 Å². The zero-order valence-corrected chi connectivity index (χ0v) is 15.2. The van der Waals surface area contributed by atoms with E-state index in [0.717, 1.165) is 0 Å². The van der Waals surface area contributed by atoms with Gasteiger partial charge in [0.2, 0.25) is 0 Å². The van der Waals surface area contributed by atoms with Gasteiger partial charge in [0, 0.05) is 17.5 Å². The first-order valence-electron chi connectivity index (χ1n) is 8.44. The van der Waals surface area contributed by atoms with Crippen molar-refractivity contribution >= 4 is 23.5 Å². The molecule has 0 bridgehead atoms. The quantitative estimate of drug-likeness (QED) is 0.403. The fourth-order valence-corrected chi connectivity index (χ4v) is 2.24. The highest BCUT2D eigenvalue weighted by Crippen LogP contribution is 2.08. The minimum absolute atomic E-state index is 0.0762. The van der Waals surface area contributed by atoms with Crippen LogP contribution in [0.3, 0.4) is 0 Å². The molecular weight excluding hydrogens is 348 g/mol. The molecule has 0 aliphatic carbocycles. The van der Waals surface area contributed by atoms with Gasteiger partial charge in [-0.25, -0.2) is 9.59 Å². The van der Waals surface area contributed by atoms with Crippen LogP contribution in [0, 0.1) is 0 Å². The lowest BCUT2D eigenvalue weighted by atomic mass is 10.1. The van der Waals surface area contributed by atoms with Crippen LogP contribution < -0.4 is 0 Å². The molecule has 6 nitrogen and oxygen atoms in total. The summed E-state index contributed by atoms with van der Waals surface area (Å²) in [5.74, 6) is -1.16. The van der Waals surface area contributed by atoms with Gasteiger partial charge in [-0.05, 0) is 38.1 Å². The first-order chi connectivity index (χ1) is 12.9. The van der Waals surface area contributed by atoms with Crippen LogP contribution in [0.15, 0.2) is 48.5 Å². The molecule has 6 heteroatoms. The van der Waals surface area contributed by atoms with Crippen molar-refractivity contribution in [2.45, 2.75) is 20.3 Å². The molecule has 0 saturated heterocycles. The van der Waals surface area contributed by atoms with Gasteiger partial charge in [-0.1, -0.05) is 24.3 Å². The molecule has 0 radical (unpaired) electrons. The normalized spacial score (nSPS) is 10.1. The molecule has 0 aliphatic rings. The molecule has 0 atom stereocenters. The van der Waals surface area contributed by atoms with Crippen LogP contribution in [0.4, 0.5) is 0 Å². The highest BCUT2D eigenvalue weighted by atomic mass is 16.5. The Morgan fingerprint density at radius 1 is 0.593 bits per heavy atom. The highest BCUT2D eigenvalue weighted by Gasteiger charge is 2.10. The molecule has 0 fully saturated rings. The Morgan fingerprint density at radius 2 is 0.889 bits per heavy atom.